The Labute approximate surface area is 129 Å². The summed E-state index contributed by atoms with van der Waals surface area (Å²) in [6, 6.07) is 8.68. The fourth-order valence-corrected chi connectivity index (χ4v) is 3.56. The van der Waals surface area contributed by atoms with Crippen molar-refractivity contribution in [2.45, 2.75) is 49.5 Å². The fourth-order valence-electron chi connectivity index (χ4n) is 2.38. The predicted molar refractivity (Wildman–Crippen MR) is 88.6 cm³/mol. The van der Waals surface area contributed by atoms with Gasteiger partial charge in [0.25, 0.3) is 0 Å². The summed E-state index contributed by atoms with van der Waals surface area (Å²) in [5.41, 5.74) is 7.82. The number of rotatable bonds is 4. The highest BCUT2D eigenvalue weighted by Gasteiger charge is 2.11. The number of hydrogen-bond acceptors (Lipinski definition) is 2. The average Bonchev–Trinajstić information content (AvgIpc) is 2.37. The summed E-state index contributed by atoms with van der Waals surface area (Å²) in [5, 5.41) is 0. The Hall–Kier alpha value is -0.250. The summed E-state index contributed by atoms with van der Waals surface area (Å²) < 4.78 is 1.13. The van der Waals surface area contributed by atoms with Gasteiger partial charge in [0.2, 0.25) is 0 Å². The Morgan fingerprint density at radius 1 is 1.11 bits per heavy atom. The van der Waals surface area contributed by atoms with Gasteiger partial charge < -0.3 is 5.73 Å². The van der Waals surface area contributed by atoms with Crippen molar-refractivity contribution in [1.29, 1.82) is 0 Å². The van der Waals surface area contributed by atoms with Crippen molar-refractivity contribution in [3.05, 3.63) is 40.4 Å². The van der Waals surface area contributed by atoms with Crippen molar-refractivity contribution in [2.75, 3.05) is 5.75 Å². The highest BCUT2D eigenvalue weighted by atomic mass is 79.9. The van der Waals surface area contributed by atoms with E-state index < -0.39 is 0 Å². The van der Waals surface area contributed by atoms with E-state index >= 15 is 0 Å². The standard InChI is InChI=1S/C16H22BrNS/c17-14-8-10-15(11-9-14)19-12-16(18)13-6-4-2-1-3-5-7-13/h6,8-11,16H,1-5,7,12,18H2/b13-6+. The first-order valence-corrected chi connectivity index (χ1v) is 8.86. The van der Waals surface area contributed by atoms with Crippen LogP contribution in [0.2, 0.25) is 0 Å². The van der Waals surface area contributed by atoms with Crippen LogP contribution in [0.1, 0.15) is 38.5 Å². The van der Waals surface area contributed by atoms with Crippen molar-refractivity contribution < 1.29 is 0 Å². The maximum atomic E-state index is 6.35. The summed E-state index contributed by atoms with van der Waals surface area (Å²) in [5.74, 6) is 0.980. The van der Waals surface area contributed by atoms with Crippen LogP contribution >= 0.6 is 27.7 Å². The van der Waals surface area contributed by atoms with Crippen LogP contribution in [0.5, 0.6) is 0 Å². The maximum Gasteiger partial charge on any atom is 0.0349 e. The molecule has 1 aromatic rings. The Balaban J connectivity index is 1.85. The molecule has 0 aliphatic heterocycles. The minimum Gasteiger partial charge on any atom is -0.324 e. The second-order valence-electron chi connectivity index (χ2n) is 5.10. The normalized spacial score (nSPS) is 21.1. The molecule has 0 fully saturated rings. The molecule has 0 saturated carbocycles. The van der Waals surface area contributed by atoms with E-state index in [0.717, 1.165) is 10.2 Å². The zero-order valence-corrected chi connectivity index (χ0v) is 13.7. The lowest BCUT2D eigenvalue weighted by Crippen LogP contribution is -2.25. The molecule has 1 atom stereocenters. The predicted octanol–water partition coefficient (Wildman–Crippen LogP) is 5.15. The summed E-state index contributed by atoms with van der Waals surface area (Å²) >= 11 is 5.32. The van der Waals surface area contributed by atoms with E-state index in [2.05, 4.69) is 46.3 Å². The molecule has 1 nitrogen and oxygen atoms in total. The van der Waals surface area contributed by atoms with Crippen molar-refractivity contribution in [2.24, 2.45) is 5.73 Å². The summed E-state index contributed by atoms with van der Waals surface area (Å²) in [6.07, 6.45) is 10.2. The van der Waals surface area contributed by atoms with E-state index in [1.54, 1.807) is 0 Å². The zero-order valence-electron chi connectivity index (χ0n) is 11.3. The molecule has 0 amide bonds. The summed E-state index contributed by atoms with van der Waals surface area (Å²) in [4.78, 5) is 1.30. The fraction of sp³-hybridized carbons (Fsp3) is 0.500. The van der Waals surface area contributed by atoms with E-state index in [0.29, 0.717) is 0 Å². The van der Waals surface area contributed by atoms with Crippen LogP contribution < -0.4 is 5.73 Å². The smallest absolute Gasteiger partial charge is 0.0349 e. The molecular weight excluding hydrogens is 318 g/mol. The molecular formula is C16H22BrNS. The number of thioether (sulfide) groups is 1. The van der Waals surface area contributed by atoms with Gasteiger partial charge in [-0.3, -0.25) is 0 Å². The molecule has 2 rings (SSSR count). The second kappa shape index (κ2) is 8.13. The molecule has 0 saturated heterocycles. The molecule has 0 heterocycles. The third-order valence-corrected chi connectivity index (χ3v) is 5.21. The lowest BCUT2D eigenvalue weighted by Gasteiger charge is -2.18. The van der Waals surface area contributed by atoms with Crippen LogP contribution in [-0.2, 0) is 0 Å². The van der Waals surface area contributed by atoms with Gasteiger partial charge in [0, 0.05) is 21.2 Å². The van der Waals surface area contributed by atoms with Gasteiger partial charge in [0.15, 0.2) is 0 Å². The van der Waals surface area contributed by atoms with Gasteiger partial charge in [-0.2, -0.15) is 0 Å². The zero-order chi connectivity index (χ0) is 13.5. The molecule has 1 unspecified atom stereocenters. The highest BCUT2D eigenvalue weighted by molar-refractivity contribution is 9.10. The summed E-state index contributed by atoms with van der Waals surface area (Å²) in [7, 11) is 0. The van der Waals surface area contributed by atoms with Crippen molar-refractivity contribution in [3.63, 3.8) is 0 Å². The topological polar surface area (TPSA) is 26.0 Å². The quantitative estimate of drug-likeness (QED) is 0.606. The van der Waals surface area contributed by atoms with Crippen molar-refractivity contribution >= 4 is 27.7 Å². The second-order valence-corrected chi connectivity index (χ2v) is 7.11. The van der Waals surface area contributed by atoms with Crippen molar-refractivity contribution in [1.82, 2.24) is 0 Å². The van der Waals surface area contributed by atoms with Gasteiger partial charge in [-0.15, -0.1) is 11.8 Å². The van der Waals surface area contributed by atoms with E-state index in [9.17, 15) is 0 Å². The molecule has 1 aliphatic carbocycles. The first-order chi connectivity index (χ1) is 9.25. The molecule has 3 heteroatoms. The number of halogens is 1. The van der Waals surface area contributed by atoms with Gasteiger partial charge in [-0.05, 0) is 49.9 Å². The SMILES string of the molecule is NC(CSc1ccc(Br)cc1)/C1=C/CCCCCC1. The molecule has 19 heavy (non-hydrogen) atoms. The molecule has 1 aromatic carbocycles. The minimum atomic E-state index is 0.215. The molecule has 0 aromatic heterocycles. The Morgan fingerprint density at radius 2 is 1.84 bits per heavy atom. The van der Waals surface area contributed by atoms with Gasteiger partial charge in [-0.1, -0.05) is 40.4 Å². The molecule has 0 spiro atoms. The Bertz CT molecular complexity index is 413. The maximum absolute atomic E-state index is 6.35. The van der Waals surface area contributed by atoms with Crippen LogP contribution in [0.4, 0.5) is 0 Å². The third-order valence-electron chi connectivity index (χ3n) is 3.55. The molecule has 104 valence electrons. The number of nitrogens with two attached hydrogens (primary N) is 1. The first-order valence-electron chi connectivity index (χ1n) is 7.08. The lowest BCUT2D eigenvalue weighted by molar-refractivity contribution is 0.606. The number of hydrogen-bond donors (Lipinski definition) is 1. The van der Waals surface area contributed by atoms with Gasteiger partial charge in [-0.25, -0.2) is 0 Å². The lowest BCUT2D eigenvalue weighted by atomic mass is 9.96. The van der Waals surface area contributed by atoms with Crippen LogP contribution in [0, 0.1) is 0 Å². The Morgan fingerprint density at radius 3 is 2.63 bits per heavy atom. The van der Waals surface area contributed by atoms with Gasteiger partial charge in [0.05, 0.1) is 0 Å². The monoisotopic (exact) mass is 339 g/mol. The highest BCUT2D eigenvalue weighted by Crippen LogP contribution is 2.25. The van der Waals surface area contributed by atoms with E-state index in [-0.39, 0.29) is 6.04 Å². The van der Waals surface area contributed by atoms with Gasteiger partial charge in [0.1, 0.15) is 0 Å². The van der Waals surface area contributed by atoms with Gasteiger partial charge >= 0.3 is 0 Å². The van der Waals surface area contributed by atoms with Crippen LogP contribution in [0.3, 0.4) is 0 Å². The van der Waals surface area contributed by atoms with Crippen LogP contribution in [0.15, 0.2) is 45.3 Å². The molecule has 0 radical (unpaired) electrons. The Kier molecular flexibility index (Phi) is 6.48. The molecule has 1 aliphatic rings. The molecule has 2 N–H and O–H groups in total. The molecule has 0 bridgehead atoms. The number of benzene rings is 1. The van der Waals surface area contributed by atoms with E-state index in [1.165, 1.54) is 49.0 Å². The first kappa shape index (κ1) is 15.1. The third kappa shape index (κ3) is 5.33. The average molecular weight is 340 g/mol. The van der Waals surface area contributed by atoms with Crippen LogP contribution in [-0.4, -0.2) is 11.8 Å². The number of allylic oxidation sites excluding steroid dienone is 1. The van der Waals surface area contributed by atoms with E-state index in [4.69, 9.17) is 5.73 Å². The van der Waals surface area contributed by atoms with Crippen molar-refractivity contribution in [3.8, 4) is 0 Å². The van der Waals surface area contributed by atoms with E-state index in [1.807, 2.05) is 11.8 Å². The summed E-state index contributed by atoms with van der Waals surface area (Å²) in [6.45, 7) is 0. The minimum absolute atomic E-state index is 0.215. The largest absolute Gasteiger partial charge is 0.324 e. The van der Waals surface area contributed by atoms with Crippen LogP contribution in [0.25, 0.3) is 0 Å².